The van der Waals surface area contributed by atoms with Crippen LogP contribution in [0.25, 0.3) is 0 Å². The molecule has 11 nitrogen and oxygen atoms in total. The molecular weight excluding hydrogens is 271 g/mol. The van der Waals surface area contributed by atoms with Crippen LogP contribution in [0.1, 0.15) is 0 Å². The van der Waals surface area contributed by atoms with Crippen LogP contribution in [0.4, 0.5) is 0 Å². The first-order valence-corrected chi connectivity index (χ1v) is 2.10. The first-order chi connectivity index (χ1) is 2.00. The molecule has 14 heteroatoms. The third kappa shape index (κ3) is 595. The predicted molar refractivity (Wildman–Crippen MR) is 55.2 cm³/mol. The minimum atomic E-state index is -4.67. The predicted octanol–water partition coefficient (Wildman–Crippen LogP) is -7.99. The average Bonchev–Trinajstić information content (AvgIpc) is 0.722. The minimum Gasteiger partial charge on any atom is 0.316 e. The molecule has 0 saturated heterocycles. The third-order valence-electron chi connectivity index (χ3n) is 0. The summed E-state index contributed by atoms with van der Waals surface area (Å²) in [5.41, 5.74) is 0. The van der Waals surface area contributed by atoms with E-state index in [1.54, 1.807) is 0 Å². The zero-order valence-electron chi connectivity index (χ0n) is 5.62. The standard InChI is InChI=1S/K.Mg.H2O4S.7H2O.3H/c;;1-5(2,3)4;;;;;;;;;;/h;;(H2,1,2,3,4);7*1H2;;;. The summed E-state index contributed by atoms with van der Waals surface area (Å²) in [7, 11) is -4.67. The van der Waals surface area contributed by atoms with E-state index < -0.39 is 10.4 Å². The molecule has 0 atom stereocenters. The molecule has 0 bridgehead atoms. The number of hydrogen-bond acceptors (Lipinski definition) is 2. The second kappa shape index (κ2) is 46.0. The van der Waals surface area contributed by atoms with Gasteiger partial charge in [-0.25, -0.2) is 0 Å². The summed E-state index contributed by atoms with van der Waals surface area (Å²) in [6, 6.07) is 0. The zero-order valence-corrected chi connectivity index (χ0v) is 6.44. The van der Waals surface area contributed by atoms with Gasteiger partial charge in [-0.05, 0) is 0 Å². The summed E-state index contributed by atoms with van der Waals surface area (Å²) < 4.78 is 31.6. The maximum absolute atomic E-state index is 8.74. The first kappa shape index (κ1) is 100. The Morgan fingerprint density at radius 2 is 0.643 bits per heavy atom. The Bertz CT molecular complexity index is 98.5. The maximum Gasteiger partial charge on any atom is 0.316 e. The van der Waals surface area contributed by atoms with Gasteiger partial charge in [-0.1, -0.05) is 0 Å². The van der Waals surface area contributed by atoms with Gasteiger partial charge >= 0.3 is 84.8 Å². The summed E-state index contributed by atoms with van der Waals surface area (Å²) in [6.45, 7) is 0. The van der Waals surface area contributed by atoms with Crippen molar-refractivity contribution in [2.45, 2.75) is 0 Å². The fraction of sp³-hybridized carbons (Fsp3) is 0. The van der Waals surface area contributed by atoms with Crippen molar-refractivity contribution in [3.63, 3.8) is 0 Å². The maximum atomic E-state index is 8.74. The monoisotopic (exact) mass is 290 g/mol. The van der Waals surface area contributed by atoms with Crippen molar-refractivity contribution in [1.82, 2.24) is 0 Å². The van der Waals surface area contributed by atoms with E-state index in [1.165, 1.54) is 0 Å². The van der Waals surface area contributed by atoms with Crippen molar-refractivity contribution >= 4 is 84.8 Å². The Labute approximate surface area is 139 Å². The van der Waals surface area contributed by atoms with Crippen molar-refractivity contribution in [3.8, 4) is 0 Å². The molecule has 16 N–H and O–H groups in total. The SMILES string of the molecule is O.O.O.O.O.O.O.O=S(=O)(O)O.[KH].[MgH2]. The molecule has 0 aliphatic carbocycles. The molecule has 0 unspecified atom stereocenters. The summed E-state index contributed by atoms with van der Waals surface area (Å²) >= 11 is 0. The van der Waals surface area contributed by atoms with E-state index in [9.17, 15) is 0 Å². The fourth-order valence-electron chi connectivity index (χ4n) is 0. The molecule has 0 aromatic rings. The van der Waals surface area contributed by atoms with E-state index in [2.05, 4.69) is 0 Å². The van der Waals surface area contributed by atoms with Crippen molar-refractivity contribution < 1.29 is 55.9 Å². The van der Waals surface area contributed by atoms with Crippen LogP contribution in [-0.2, 0) is 10.4 Å². The quantitative estimate of drug-likeness (QED) is 0.324. The van der Waals surface area contributed by atoms with Gasteiger partial charge in [-0.3, -0.25) is 9.11 Å². The van der Waals surface area contributed by atoms with Gasteiger partial charge in [0.2, 0.25) is 0 Å². The average molecular weight is 291 g/mol. The number of rotatable bonds is 0. The fourth-order valence-corrected chi connectivity index (χ4v) is 0. The first-order valence-electron chi connectivity index (χ1n) is 0.698. The van der Waals surface area contributed by atoms with Gasteiger partial charge in [0, 0.05) is 0 Å². The normalized spacial score (nSPS) is 4.14. The van der Waals surface area contributed by atoms with Crippen LogP contribution in [0.5, 0.6) is 0 Å². The molecule has 0 aromatic carbocycles. The largest absolute Gasteiger partial charge is 0.316 e. The van der Waals surface area contributed by atoms with Crippen LogP contribution in [0.3, 0.4) is 0 Å². The van der Waals surface area contributed by atoms with E-state index in [0.717, 1.165) is 0 Å². The summed E-state index contributed by atoms with van der Waals surface area (Å²) in [5.74, 6) is 0. The Morgan fingerprint density at radius 1 is 0.643 bits per heavy atom. The Balaban J connectivity index is -0.00000000222. The van der Waals surface area contributed by atoms with Gasteiger partial charge in [0.1, 0.15) is 0 Å². The molecule has 0 amide bonds. The molecule has 0 aliphatic rings. The van der Waals surface area contributed by atoms with Crippen molar-refractivity contribution in [1.29, 1.82) is 0 Å². The second-order valence-electron chi connectivity index (χ2n) is 0.448. The van der Waals surface area contributed by atoms with Crippen LogP contribution in [0.2, 0.25) is 0 Å². The van der Waals surface area contributed by atoms with Gasteiger partial charge in [0.05, 0.1) is 0 Å². The van der Waals surface area contributed by atoms with Crippen LogP contribution in [0.15, 0.2) is 0 Å². The smallest absolute Gasteiger partial charge is 0.316 e. The van der Waals surface area contributed by atoms with E-state index >= 15 is 0 Å². The van der Waals surface area contributed by atoms with E-state index in [-0.39, 0.29) is 113 Å². The Kier molecular flexibility index (Phi) is 329. The second-order valence-corrected chi connectivity index (χ2v) is 1.34. The molecule has 0 fully saturated rings. The third-order valence-corrected chi connectivity index (χ3v) is 0. The minimum absolute atomic E-state index is 0. The van der Waals surface area contributed by atoms with E-state index in [1.807, 2.05) is 0 Å². The Hall–Kier alpha value is 1.99. The van der Waals surface area contributed by atoms with Crippen molar-refractivity contribution in [3.05, 3.63) is 0 Å². The molecule has 14 heavy (non-hydrogen) atoms. The van der Waals surface area contributed by atoms with Gasteiger partial charge in [-0.2, -0.15) is 8.42 Å². The topological polar surface area (TPSA) is 295 Å². The molecular formula is H19KMgO11S. The van der Waals surface area contributed by atoms with Crippen LogP contribution in [0, 0.1) is 0 Å². The Morgan fingerprint density at radius 3 is 0.643 bits per heavy atom. The molecule has 94 valence electrons. The van der Waals surface area contributed by atoms with Crippen molar-refractivity contribution in [2.75, 3.05) is 0 Å². The van der Waals surface area contributed by atoms with Gasteiger partial charge in [0.25, 0.3) is 0 Å². The van der Waals surface area contributed by atoms with Crippen LogP contribution < -0.4 is 0 Å². The van der Waals surface area contributed by atoms with Gasteiger partial charge in [-0.15, -0.1) is 0 Å². The molecule has 0 spiro atoms. The summed E-state index contributed by atoms with van der Waals surface area (Å²) in [5, 5.41) is 0. The van der Waals surface area contributed by atoms with E-state index in [4.69, 9.17) is 17.5 Å². The number of hydrogen-bond donors (Lipinski definition) is 2. The van der Waals surface area contributed by atoms with Crippen LogP contribution >= 0.6 is 0 Å². The molecule has 0 radical (unpaired) electrons. The van der Waals surface area contributed by atoms with E-state index in [0.29, 0.717) is 0 Å². The summed E-state index contributed by atoms with van der Waals surface area (Å²) in [4.78, 5) is 0. The molecule has 0 saturated carbocycles. The molecule has 0 heterocycles. The zero-order chi connectivity index (χ0) is 4.50. The molecule has 0 rings (SSSR count). The van der Waals surface area contributed by atoms with Gasteiger partial charge < -0.3 is 38.3 Å². The summed E-state index contributed by atoms with van der Waals surface area (Å²) in [6.07, 6.45) is 0. The molecule has 0 aromatic heterocycles. The van der Waals surface area contributed by atoms with Crippen molar-refractivity contribution in [2.24, 2.45) is 0 Å². The van der Waals surface area contributed by atoms with Crippen LogP contribution in [-0.4, -0.2) is 130 Å². The van der Waals surface area contributed by atoms with Gasteiger partial charge in [0.15, 0.2) is 0 Å². The molecule has 0 aliphatic heterocycles.